The second-order valence-electron chi connectivity index (χ2n) is 19.4. The molecule has 0 saturated carbocycles. The number of hydrogen-bond donors (Lipinski definition) is 9. The summed E-state index contributed by atoms with van der Waals surface area (Å²) < 4.78 is 165. The van der Waals surface area contributed by atoms with Crippen LogP contribution in [-0.2, 0) is 9.47 Å². The lowest BCUT2D eigenvalue weighted by atomic mass is 10.1. The molecule has 0 fully saturated rings. The van der Waals surface area contributed by atoms with Crippen molar-refractivity contribution in [3.8, 4) is 0 Å². The molecule has 0 radical (unpaired) electrons. The number of benzene rings is 8. The van der Waals surface area contributed by atoms with Gasteiger partial charge in [-0.25, -0.2) is 9.59 Å². The molecular formula is C62H58F12N12O11. The normalized spacial score (nSPS) is 11.9. The van der Waals surface area contributed by atoms with Crippen LogP contribution in [0.15, 0.2) is 194 Å². The molecule has 97 heavy (non-hydrogen) atoms. The molecule has 0 aliphatic rings. The molecule has 516 valence electrons. The molecule has 8 aromatic rings. The number of nitrogens with two attached hydrogens (primary N) is 4. The second-order valence-corrected chi connectivity index (χ2v) is 19.4. The molecule has 0 aromatic heterocycles. The van der Waals surface area contributed by atoms with Gasteiger partial charge in [0.2, 0.25) is 0 Å². The minimum Gasteiger partial charge on any atom is -0.450 e. The maximum absolute atomic E-state index is 13.4. The third kappa shape index (κ3) is 25.1. The monoisotopic (exact) mass is 1370 g/mol. The van der Waals surface area contributed by atoms with Crippen molar-refractivity contribution in [3.05, 3.63) is 247 Å². The van der Waals surface area contributed by atoms with E-state index in [-0.39, 0.29) is 86.7 Å². The van der Waals surface area contributed by atoms with E-state index in [1.54, 1.807) is 38.1 Å². The Morgan fingerprint density at radius 1 is 0.412 bits per heavy atom. The number of amides is 2. The van der Waals surface area contributed by atoms with E-state index in [1.807, 2.05) is 0 Å². The van der Waals surface area contributed by atoms with Crippen LogP contribution < -0.4 is 49.5 Å². The number of carbonyl (C=O) groups excluding carboxylic acids is 3. The Hall–Kier alpha value is -12.1. The van der Waals surface area contributed by atoms with Gasteiger partial charge in [-0.05, 0) is 85.1 Å². The Morgan fingerprint density at radius 2 is 0.732 bits per heavy atom. The number of alkyl halides is 12. The first-order chi connectivity index (χ1) is 45.4. The molecule has 8 aromatic carbocycles. The van der Waals surface area contributed by atoms with E-state index < -0.39 is 86.9 Å². The predicted octanol–water partition coefficient (Wildman–Crippen LogP) is 16.5. The maximum atomic E-state index is 13.4. The van der Waals surface area contributed by atoms with E-state index in [0.717, 1.165) is 30.3 Å². The van der Waals surface area contributed by atoms with Gasteiger partial charge in [-0.15, -0.1) is 0 Å². The topological polar surface area (TPSA) is 363 Å². The number of ether oxygens (including phenoxy) is 2. The molecule has 0 aliphatic heterocycles. The Balaban J connectivity index is 0.000000267. The van der Waals surface area contributed by atoms with Gasteiger partial charge in [0, 0.05) is 46.5 Å². The quantitative estimate of drug-likeness (QED) is 0.0134. The van der Waals surface area contributed by atoms with Gasteiger partial charge in [-0.3, -0.25) is 45.8 Å². The summed E-state index contributed by atoms with van der Waals surface area (Å²) in [5, 5.41) is 43.8. The summed E-state index contributed by atoms with van der Waals surface area (Å²) in [5.41, 5.74) is 20.9. The van der Waals surface area contributed by atoms with Gasteiger partial charge in [-0.1, -0.05) is 121 Å². The van der Waals surface area contributed by atoms with Crippen LogP contribution in [0.4, 0.5) is 131 Å². The van der Waals surface area contributed by atoms with Crippen molar-refractivity contribution in [2.24, 2.45) is 0 Å². The Bertz CT molecular complexity index is 3920. The van der Waals surface area contributed by atoms with Crippen molar-refractivity contribution < 1.29 is 91.3 Å². The molecule has 23 nitrogen and oxygen atoms in total. The first-order valence-electron chi connectivity index (χ1n) is 27.6. The molecule has 0 aliphatic carbocycles. The third-order valence-corrected chi connectivity index (χ3v) is 12.4. The zero-order chi connectivity index (χ0) is 72.4. The number of nitrogens with one attached hydrogen (secondary N) is 5. The van der Waals surface area contributed by atoms with E-state index in [9.17, 15) is 97.4 Å². The number of rotatable bonds is 17. The van der Waals surface area contributed by atoms with Gasteiger partial charge >= 0.3 is 36.9 Å². The standard InChI is InChI=1S/C17H16F3N3O4.C17H18F3N3O2.C14H12F3N3O2.C8H5F3O.C6H7N3O2/c1-2-27-16(24)22-13-9-8-12(10-14(13)23(25)26)21-15(17(18,19)20)11-6-4-3-5-7-11;1-2-25-16(24)23-14-9-8-12(10-13(14)21)22-15(17(18,19)20)11-6-4-3-5-7-11;15-14(16,17)13(9-4-2-1-3-5-9)19-10-6-7-11(18)12(8-10)20(21)22;9-8(10,11)7(12)6-4-2-1-3-5-6;7-4-1-2-5(8)6(3-4)9(10)11/h3-10,15,21H,2H2,1H3,(H,22,24);3-10,15,22H,2,21H2,1H3,(H,23,24);1-8,13,19H,18H2;1-5H;1-3H,7-8H2. The van der Waals surface area contributed by atoms with Gasteiger partial charge in [0.25, 0.3) is 22.8 Å². The van der Waals surface area contributed by atoms with E-state index in [2.05, 4.69) is 31.3 Å². The molecule has 0 heterocycles. The number of hydrogen-bond acceptors (Lipinski definition) is 18. The van der Waals surface area contributed by atoms with Crippen molar-refractivity contribution >= 4 is 86.2 Å². The van der Waals surface area contributed by atoms with Crippen LogP contribution in [0.25, 0.3) is 0 Å². The smallest absolute Gasteiger partial charge is 0.450 e. The Morgan fingerprint density at radius 3 is 1.07 bits per heavy atom. The fourth-order valence-electron chi connectivity index (χ4n) is 7.96. The predicted molar refractivity (Wildman–Crippen MR) is 338 cm³/mol. The highest BCUT2D eigenvalue weighted by Crippen LogP contribution is 2.40. The summed E-state index contributed by atoms with van der Waals surface area (Å²) in [6.45, 7) is 3.46. The first kappa shape index (κ1) is 77.4. The molecule has 35 heteroatoms. The van der Waals surface area contributed by atoms with Gasteiger partial charge in [0.05, 0.1) is 39.4 Å². The average molecular weight is 1380 g/mol. The molecule has 8 rings (SSSR count). The van der Waals surface area contributed by atoms with Crippen molar-refractivity contribution in [2.75, 3.05) is 62.7 Å². The van der Waals surface area contributed by atoms with E-state index in [0.29, 0.717) is 5.69 Å². The lowest BCUT2D eigenvalue weighted by molar-refractivity contribution is -0.384. The van der Waals surface area contributed by atoms with Crippen molar-refractivity contribution in [2.45, 2.75) is 56.7 Å². The van der Waals surface area contributed by atoms with Crippen molar-refractivity contribution in [3.63, 3.8) is 0 Å². The van der Waals surface area contributed by atoms with Crippen LogP contribution in [0.5, 0.6) is 0 Å². The molecular weight excluding hydrogens is 1320 g/mol. The van der Waals surface area contributed by atoms with Gasteiger partial charge in [0.15, 0.2) is 0 Å². The fourth-order valence-corrected chi connectivity index (χ4v) is 7.96. The number of nitro groups is 3. The summed E-state index contributed by atoms with van der Waals surface area (Å²) in [6, 6.07) is 37.5. The van der Waals surface area contributed by atoms with Gasteiger partial charge in [-0.2, -0.15) is 52.7 Å². The zero-order valence-electron chi connectivity index (χ0n) is 50.3. The van der Waals surface area contributed by atoms with Crippen molar-refractivity contribution in [1.29, 1.82) is 0 Å². The van der Waals surface area contributed by atoms with Crippen LogP contribution in [0, 0.1) is 30.3 Å². The molecule has 0 spiro atoms. The highest BCUT2D eigenvalue weighted by Gasteiger charge is 2.43. The Labute approximate surface area is 542 Å². The molecule has 3 atom stereocenters. The summed E-state index contributed by atoms with van der Waals surface area (Å²) in [7, 11) is 0. The SMILES string of the molecule is CCOC(=O)Nc1ccc(NC(c2ccccc2)C(F)(F)F)cc1N.CCOC(=O)Nc1ccc(NC(c2ccccc2)C(F)(F)F)cc1[N+](=O)[O-].Nc1ccc(N)c([N+](=O)[O-])c1.Nc1ccc(NC(c2ccccc2)C(F)(F)F)cc1[N+](=O)[O-].O=C(c1ccccc1)C(F)(F)F. The summed E-state index contributed by atoms with van der Waals surface area (Å²) in [4.78, 5) is 63.5. The fraction of sp³-hybridized carbons (Fsp3) is 0.177. The van der Waals surface area contributed by atoms with Crippen LogP contribution in [0.1, 0.15) is 59.0 Å². The number of ketones is 1. The largest absolute Gasteiger partial charge is 0.454 e. The van der Waals surface area contributed by atoms with Gasteiger partial charge < -0.3 is 48.4 Å². The average Bonchev–Trinajstić information content (AvgIpc) is 0.837. The maximum Gasteiger partial charge on any atom is 0.454 e. The van der Waals surface area contributed by atoms with Crippen LogP contribution in [-0.4, -0.2) is 70.7 Å². The molecule has 0 saturated heterocycles. The van der Waals surface area contributed by atoms with Crippen molar-refractivity contribution in [1.82, 2.24) is 0 Å². The number of nitrogen functional groups attached to an aromatic ring is 4. The van der Waals surface area contributed by atoms with Crippen LogP contribution in [0.3, 0.4) is 0 Å². The molecule has 13 N–H and O–H groups in total. The van der Waals surface area contributed by atoms with Crippen LogP contribution in [0.2, 0.25) is 0 Å². The van der Waals surface area contributed by atoms with E-state index in [1.165, 1.54) is 140 Å². The number of Topliss-reactive ketones (excluding diaryl/α,β-unsaturated/α-hetero) is 1. The van der Waals surface area contributed by atoms with E-state index >= 15 is 0 Å². The lowest BCUT2D eigenvalue weighted by Gasteiger charge is -2.23. The van der Waals surface area contributed by atoms with Crippen LogP contribution >= 0.6 is 0 Å². The number of carbonyl (C=O) groups is 3. The number of halogens is 12. The van der Waals surface area contributed by atoms with E-state index in [4.69, 9.17) is 27.7 Å². The van der Waals surface area contributed by atoms with Gasteiger partial charge in [0.1, 0.15) is 35.2 Å². The first-order valence-corrected chi connectivity index (χ1v) is 27.6. The number of nitro benzene ring substituents is 3. The zero-order valence-corrected chi connectivity index (χ0v) is 50.3. The highest BCUT2D eigenvalue weighted by atomic mass is 19.4. The number of nitrogens with zero attached hydrogens (tertiary/aromatic N) is 3. The Kier molecular flexibility index (Phi) is 28.1. The summed E-state index contributed by atoms with van der Waals surface area (Å²) >= 11 is 0. The third-order valence-electron chi connectivity index (χ3n) is 12.4. The minimum atomic E-state index is -4.78. The lowest BCUT2D eigenvalue weighted by Crippen LogP contribution is -2.27. The molecule has 2 amide bonds. The summed E-state index contributed by atoms with van der Waals surface area (Å²) in [6.07, 6.45) is -20.0. The molecule has 0 bridgehead atoms. The summed E-state index contributed by atoms with van der Waals surface area (Å²) in [5.74, 6) is -1.80. The minimum absolute atomic E-state index is 0.00878. The molecule has 3 unspecified atom stereocenters. The second kappa shape index (κ2) is 35.3. The highest BCUT2D eigenvalue weighted by molar-refractivity contribution is 6.00. The number of anilines is 9.